The number of nitrogens with one attached hydrogen (secondary N) is 2. The molecule has 25 heavy (non-hydrogen) atoms. The monoisotopic (exact) mass is 368 g/mol. The minimum absolute atomic E-state index is 0.0827. The molecule has 0 atom stereocenters. The Kier molecular flexibility index (Phi) is 7.32. The normalized spacial score (nSPS) is 15.6. The summed E-state index contributed by atoms with van der Waals surface area (Å²) in [6.07, 6.45) is 1.51. The fourth-order valence-electron chi connectivity index (χ4n) is 2.63. The van der Waals surface area contributed by atoms with Gasteiger partial charge >= 0.3 is 5.97 Å². The first-order valence-electron chi connectivity index (χ1n) is 8.35. The molecule has 9 heteroatoms. The maximum atomic E-state index is 11.9. The number of rotatable bonds is 6. The predicted octanol–water partition coefficient (Wildman–Crippen LogP) is 0.417. The maximum absolute atomic E-state index is 11.9. The van der Waals surface area contributed by atoms with Crippen LogP contribution in [0.15, 0.2) is 5.38 Å². The largest absolute Gasteiger partial charge is 0.466 e. The number of ether oxygens (including phenoxy) is 1. The highest BCUT2D eigenvalue weighted by molar-refractivity contribution is 7.09. The number of carbonyl (C=O) groups is 3. The lowest BCUT2D eigenvalue weighted by Gasteiger charge is -2.30. The Hall–Kier alpha value is -2.00. The first-order valence-corrected chi connectivity index (χ1v) is 9.23. The van der Waals surface area contributed by atoms with Crippen LogP contribution >= 0.6 is 11.3 Å². The van der Waals surface area contributed by atoms with Gasteiger partial charge in [-0.05, 0) is 39.8 Å². The van der Waals surface area contributed by atoms with Crippen molar-refractivity contribution in [3.8, 4) is 0 Å². The van der Waals surface area contributed by atoms with Crippen molar-refractivity contribution in [3.05, 3.63) is 16.1 Å². The molecule has 1 fully saturated rings. The fraction of sp³-hybridized carbons (Fsp3) is 0.625. The molecule has 0 aliphatic carbocycles. The van der Waals surface area contributed by atoms with Crippen LogP contribution in [-0.4, -0.2) is 53.9 Å². The smallest absolute Gasteiger partial charge is 0.309 e. The molecule has 0 unspecified atom stereocenters. The average Bonchev–Trinajstić information content (AvgIpc) is 2.99. The number of hydrogen-bond acceptors (Lipinski definition) is 7. The van der Waals surface area contributed by atoms with Gasteiger partial charge in [0.15, 0.2) is 0 Å². The van der Waals surface area contributed by atoms with Crippen LogP contribution in [-0.2, 0) is 25.5 Å². The van der Waals surface area contributed by atoms with Crippen molar-refractivity contribution in [1.82, 2.24) is 20.7 Å². The summed E-state index contributed by atoms with van der Waals surface area (Å²) >= 11 is 1.42. The second-order valence-corrected chi connectivity index (χ2v) is 6.90. The van der Waals surface area contributed by atoms with Gasteiger partial charge in [-0.25, -0.2) is 4.98 Å². The summed E-state index contributed by atoms with van der Waals surface area (Å²) in [6.45, 7) is 5.55. The van der Waals surface area contributed by atoms with E-state index in [1.807, 2.05) is 17.2 Å². The second kappa shape index (κ2) is 9.47. The molecule has 2 N–H and O–H groups in total. The molecule has 0 aromatic carbocycles. The van der Waals surface area contributed by atoms with Crippen LogP contribution in [0.5, 0.6) is 0 Å². The van der Waals surface area contributed by atoms with Crippen LogP contribution in [0.25, 0.3) is 0 Å². The molecule has 1 aromatic rings. The van der Waals surface area contributed by atoms with E-state index in [1.54, 1.807) is 6.92 Å². The molecule has 0 spiro atoms. The number of aromatic nitrogens is 1. The zero-order valence-corrected chi connectivity index (χ0v) is 15.4. The molecule has 1 aliphatic rings. The van der Waals surface area contributed by atoms with Crippen LogP contribution < -0.4 is 10.9 Å². The molecule has 8 nitrogen and oxygen atoms in total. The Bertz CT molecular complexity index is 611. The molecule has 0 radical (unpaired) electrons. The molecule has 2 rings (SSSR count). The number of esters is 1. The van der Waals surface area contributed by atoms with E-state index in [4.69, 9.17) is 4.74 Å². The fourth-order valence-corrected chi connectivity index (χ4v) is 3.40. The third kappa shape index (κ3) is 6.43. The van der Waals surface area contributed by atoms with Crippen LogP contribution in [0.3, 0.4) is 0 Å². The molecule has 0 saturated carbocycles. The molecule has 1 aromatic heterocycles. The Balaban J connectivity index is 1.64. The Morgan fingerprint density at radius 3 is 2.56 bits per heavy atom. The summed E-state index contributed by atoms with van der Waals surface area (Å²) in [5.41, 5.74) is 5.69. The number of amides is 2. The van der Waals surface area contributed by atoms with Gasteiger partial charge in [0.2, 0.25) is 5.91 Å². The summed E-state index contributed by atoms with van der Waals surface area (Å²) in [5, 5.41) is 2.59. The van der Waals surface area contributed by atoms with Crippen LogP contribution in [0.1, 0.15) is 30.5 Å². The predicted molar refractivity (Wildman–Crippen MR) is 92.6 cm³/mol. The molecule has 138 valence electrons. The van der Waals surface area contributed by atoms with Crippen molar-refractivity contribution in [2.45, 2.75) is 33.1 Å². The Labute approximate surface area is 150 Å². The number of thiazole rings is 1. The summed E-state index contributed by atoms with van der Waals surface area (Å²) in [7, 11) is 0. The van der Waals surface area contributed by atoms with Crippen LogP contribution in [0.4, 0.5) is 0 Å². The van der Waals surface area contributed by atoms with E-state index in [-0.39, 0.29) is 36.7 Å². The first kappa shape index (κ1) is 19.3. The molecule has 2 amide bonds. The summed E-state index contributed by atoms with van der Waals surface area (Å²) in [4.78, 5) is 41.5. The summed E-state index contributed by atoms with van der Waals surface area (Å²) in [6, 6.07) is 0. The molecule has 2 heterocycles. The average molecular weight is 368 g/mol. The van der Waals surface area contributed by atoms with Gasteiger partial charge in [0.25, 0.3) is 5.91 Å². The minimum Gasteiger partial charge on any atom is -0.466 e. The van der Waals surface area contributed by atoms with E-state index in [0.29, 0.717) is 37.5 Å². The molecule has 0 bridgehead atoms. The van der Waals surface area contributed by atoms with Crippen LogP contribution in [0, 0.1) is 12.8 Å². The highest BCUT2D eigenvalue weighted by Gasteiger charge is 2.26. The van der Waals surface area contributed by atoms with Gasteiger partial charge in [0.1, 0.15) is 5.01 Å². The van der Waals surface area contributed by atoms with E-state index in [9.17, 15) is 14.4 Å². The lowest BCUT2D eigenvalue weighted by molar-refractivity contribution is -0.149. The van der Waals surface area contributed by atoms with Crippen molar-refractivity contribution >= 4 is 29.1 Å². The van der Waals surface area contributed by atoms with E-state index < -0.39 is 0 Å². The molecule has 1 aliphatic heterocycles. The number of hydrogen-bond donors (Lipinski definition) is 2. The number of aryl methyl sites for hydroxylation is 1. The van der Waals surface area contributed by atoms with E-state index >= 15 is 0 Å². The topological polar surface area (TPSA) is 101 Å². The van der Waals surface area contributed by atoms with Gasteiger partial charge < -0.3 is 4.74 Å². The van der Waals surface area contributed by atoms with Gasteiger partial charge in [-0.1, -0.05) is 0 Å². The highest BCUT2D eigenvalue weighted by atomic mass is 32.1. The molecular formula is C16H24N4O4S. The lowest BCUT2D eigenvalue weighted by atomic mass is 9.97. The van der Waals surface area contributed by atoms with Crippen molar-refractivity contribution < 1.29 is 19.1 Å². The maximum Gasteiger partial charge on any atom is 0.309 e. The highest BCUT2D eigenvalue weighted by Crippen LogP contribution is 2.18. The first-order chi connectivity index (χ1) is 12.0. The van der Waals surface area contributed by atoms with Crippen LogP contribution in [0.2, 0.25) is 0 Å². The number of carbonyl (C=O) groups excluding carboxylic acids is 3. The van der Waals surface area contributed by atoms with Crippen molar-refractivity contribution in [1.29, 1.82) is 0 Å². The zero-order valence-electron chi connectivity index (χ0n) is 14.5. The van der Waals surface area contributed by atoms with Gasteiger partial charge in [-0.2, -0.15) is 0 Å². The quantitative estimate of drug-likeness (QED) is 0.557. The zero-order chi connectivity index (χ0) is 18.2. The van der Waals surface area contributed by atoms with Crippen molar-refractivity contribution in [2.75, 3.05) is 26.2 Å². The number of likely N-dealkylation sites (tertiary alicyclic amines) is 1. The summed E-state index contributed by atoms with van der Waals surface area (Å²) < 4.78 is 5.02. The lowest BCUT2D eigenvalue weighted by Crippen LogP contribution is -2.48. The minimum atomic E-state index is -0.302. The van der Waals surface area contributed by atoms with Crippen molar-refractivity contribution in [2.24, 2.45) is 5.92 Å². The number of piperidine rings is 1. The Morgan fingerprint density at radius 1 is 1.28 bits per heavy atom. The number of hydrazine groups is 1. The van der Waals surface area contributed by atoms with Gasteiger partial charge in [0.05, 0.1) is 25.5 Å². The van der Waals surface area contributed by atoms with Gasteiger partial charge in [-0.3, -0.25) is 30.1 Å². The van der Waals surface area contributed by atoms with Gasteiger partial charge in [0, 0.05) is 11.1 Å². The standard InChI is InChI=1S/C16H24N4O4S/c1-3-24-16(23)12-4-6-20(7-5-12)9-14(22)19-18-13(21)8-15-17-11(2)10-25-15/h10,12H,3-9H2,1-2H3,(H,18,21)(H,19,22). The third-order valence-corrected chi connectivity index (χ3v) is 4.86. The SMILES string of the molecule is CCOC(=O)C1CCN(CC(=O)NNC(=O)Cc2nc(C)cs2)CC1. The third-order valence-electron chi connectivity index (χ3n) is 3.89. The summed E-state index contributed by atoms with van der Waals surface area (Å²) in [5.74, 6) is -0.820. The van der Waals surface area contributed by atoms with Gasteiger partial charge in [-0.15, -0.1) is 11.3 Å². The molecule has 1 saturated heterocycles. The van der Waals surface area contributed by atoms with E-state index in [0.717, 1.165) is 5.69 Å². The van der Waals surface area contributed by atoms with E-state index in [2.05, 4.69) is 15.8 Å². The molecular weight excluding hydrogens is 344 g/mol. The van der Waals surface area contributed by atoms with Crippen molar-refractivity contribution in [3.63, 3.8) is 0 Å². The number of nitrogens with zero attached hydrogens (tertiary/aromatic N) is 2. The second-order valence-electron chi connectivity index (χ2n) is 5.96. The Morgan fingerprint density at radius 2 is 1.96 bits per heavy atom. The van der Waals surface area contributed by atoms with E-state index in [1.165, 1.54) is 11.3 Å².